The maximum absolute atomic E-state index is 14.0. The second-order valence-corrected chi connectivity index (χ2v) is 10.7. The molecular formula is C30H27BrN2O5S. The van der Waals surface area contributed by atoms with Gasteiger partial charge < -0.3 is 14.2 Å². The molecule has 200 valence electrons. The summed E-state index contributed by atoms with van der Waals surface area (Å²) in [5.41, 5.74) is 2.14. The zero-order valence-electron chi connectivity index (χ0n) is 22.0. The first kappa shape index (κ1) is 26.9. The minimum absolute atomic E-state index is 0.196. The molecule has 0 aliphatic carbocycles. The van der Waals surface area contributed by atoms with Crippen LogP contribution in [-0.2, 0) is 9.53 Å². The van der Waals surface area contributed by atoms with Crippen molar-refractivity contribution < 1.29 is 19.0 Å². The van der Waals surface area contributed by atoms with Crippen molar-refractivity contribution in [3.63, 3.8) is 0 Å². The highest BCUT2D eigenvalue weighted by molar-refractivity contribution is 9.10. The topological polar surface area (TPSA) is 79.1 Å². The number of nitrogens with zero attached hydrogens (tertiary/aromatic N) is 2. The number of methoxy groups -OCH3 is 1. The van der Waals surface area contributed by atoms with E-state index in [0.717, 1.165) is 16.3 Å². The molecule has 0 fully saturated rings. The fourth-order valence-electron chi connectivity index (χ4n) is 4.79. The molecule has 9 heteroatoms. The molecular weight excluding hydrogens is 580 g/mol. The molecule has 0 spiro atoms. The van der Waals surface area contributed by atoms with Crippen LogP contribution in [0.3, 0.4) is 0 Å². The number of ether oxygens (including phenoxy) is 3. The van der Waals surface area contributed by atoms with Crippen LogP contribution in [0, 0.1) is 0 Å². The monoisotopic (exact) mass is 606 g/mol. The summed E-state index contributed by atoms with van der Waals surface area (Å²) in [5.74, 6) is 0.523. The number of esters is 1. The highest BCUT2D eigenvalue weighted by atomic mass is 79.9. The maximum atomic E-state index is 14.0. The van der Waals surface area contributed by atoms with Crippen molar-refractivity contribution in [1.29, 1.82) is 0 Å². The summed E-state index contributed by atoms with van der Waals surface area (Å²) in [6.07, 6.45) is 1.89. The van der Waals surface area contributed by atoms with Crippen LogP contribution >= 0.6 is 27.3 Å². The SMILES string of the molecule is CCOC(=O)C1=C(C)N=c2s/c(=C/c3cccc4ccccc34)c(=O)n2[C@H]1c1cc(OC)c(OCC)cc1Br. The Kier molecular flexibility index (Phi) is 7.72. The molecule has 7 nitrogen and oxygen atoms in total. The predicted molar refractivity (Wildman–Crippen MR) is 156 cm³/mol. The Morgan fingerprint density at radius 1 is 1.10 bits per heavy atom. The molecule has 2 heterocycles. The number of thiazole rings is 1. The molecule has 0 saturated carbocycles. The minimum atomic E-state index is -0.783. The molecule has 0 unspecified atom stereocenters. The van der Waals surface area contributed by atoms with E-state index in [4.69, 9.17) is 14.2 Å². The fourth-order valence-corrected chi connectivity index (χ4v) is 6.37. The normalized spacial score (nSPS) is 15.2. The second kappa shape index (κ2) is 11.2. The van der Waals surface area contributed by atoms with Gasteiger partial charge in [-0.2, -0.15) is 0 Å². The minimum Gasteiger partial charge on any atom is -0.493 e. The molecule has 1 aliphatic heterocycles. The van der Waals surface area contributed by atoms with Crippen molar-refractivity contribution in [2.24, 2.45) is 4.99 Å². The van der Waals surface area contributed by atoms with Crippen LogP contribution < -0.4 is 24.4 Å². The number of aromatic nitrogens is 1. The summed E-state index contributed by atoms with van der Waals surface area (Å²) in [5, 5.41) is 2.13. The zero-order chi connectivity index (χ0) is 27.7. The Hall–Kier alpha value is -3.69. The van der Waals surface area contributed by atoms with Gasteiger partial charge in [0.25, 0.3) is 5.56 Å². The van der Waals surface area contributed by atoms with Gasteiger partial charge in [0, 0.05) is 4.47 Å². The Bertz CT molecular complexity index is 1800. The molecule has 39 heavy (non-hydrogen) atoms. The summed E-state index contributed by atoms with van der Waals surface area (Å²) in [6, 6.07) is 16.8. The lowest BCUT2D eigenvalue weighted by molar-refractivity contribution is -0.139. The summed E-state index contributed by atoms with van der Waals surface area (Å²) >= 11 is 4.95. The summed E-state index contributed by atoms with van der Waals surface area (Å²) in [7, 11) is 1.55. The first-order valence-corrected chi connectivity index (χ1v) is 14.2. The Morgan fingerprint density at radius 3 is 2.62 bits per heavy atom. The average molecular weight is 608 g/mol. The number of hydrogen-bond donors (Lipinski definition) is 0. The van der Waals surface area contributed by atoms with E-state index < -0.39 is 12.0 Å². The van der Waals surface area contributed by atoms with Crippen LogP contribution in [-0.4, -0.2) is 30.9 Å². The van der Waals surface area contributed by atoms with E-state index in [1.807, 2.05) is 55.5 Å². The molecule has 0 N–H and O–H groups in total. The number of halogens is 1. The van der Waals surface area contributed by atoms with Crippen LogP contribution in [0.1, 0.15) is 37.9 Å². The van der Waals surface area contributed by atoms with Gasteiger partial charge in [0.05, 0.1) is 42.2 Å². The standard InChI is InChI=1S/C30H27BrN2O5S/c1-5-37-24-16-22(31)21(15-23(24)36-4)27-26(29(35)38-6-2)17(3)32-30-33(27)28(34)25(39-30)14-19-12-9-11-18-10-7-8-13-20(18)19/h7-16,27H,5-6H2,1-4H3/b25-14+/t27-/m0/s1. The fraction of sp³-hybridized carbons (Fsp3) is 0.233. The first-order valence-electron chi connectivity index (χ1n) is 12.6. The van der Waals surface area contributed by atoms with Gasteiger partial charge >= 0.3 is 5.97 Å². The quantitative estimate of drug-likeness (QED) is 0.273. The van der Waals surface area contributed by atoms with Crippen LogP contribution in [0.15, 0.2) is 80.1 Å². The second-order valence-electron chi connectivity index (χ2n) is 8.83. The highest BCUT2D eigenvalue weighted by Crippen LogP contribution is 2.41. The molecule has 5 rings (SSSR count). The number of fused-ring (bicyclic) bond motifs is 2. The lowest BCUT2D eigenvalue weighted by atomic mass is 9.95. The summed E-state index contributed by atoms with van der Waals surface area (Å²) in [6.45, 7) is 6.05. The van der Waals surface area contributed by atoms with Gasteiger partial charge in [0.2, 0.25) is 0 Å². The van der Waals surface area contributed by atoms with E-state index in [1.165, 1.54) is 11.3 Å². The molecule has 4 aromatic rings. The Balaban J connectivity index is 1.78. The first-order chi connectivity index (χ1) is 18.9. The molecule has 0 bridgehead atoms. The smallest absolute Gasteiger partial charge is 0.338 e. The maximum Gasteiger partial charge on any atom is 0.338 e. The molecule has 0 amide bonds. The molecule has 0 radical (unpaired) electrons. The molecule has 0 saturated heterocycles. The van der Waals surface area contributed by atoms with E-state index in [9.17, 15) is 9.59 Å². The molecule has 1 aromatic heterocycles. The van der Waals surface area contributed by atoms with Crippen molar-refractivity contribution >= 4 is 50.1 Å². The number of rotatable bonds is 7. The third-order valence-corrected chi connectivity index (χ3v) is 8.17. The van der Waals surface area contributed by atoms with Gasteiger partial charge in [0.15, 0.2) is 16.3 Å². The third kappa shape index (κ3) is 4.92. The van der Waals surface area contributed by atoms with E-state index in [0.29, 0.717) is 48.7 Å². The van der Waals surface area contributed by atoms with Gasteiger partial charge in [-0.15, -0.1) is 0 Å². The largest absolute Gasteiger partial charge is 0.493 e. The van der Waals surface area contributed by atoms with Crippen molar-refractivity contribution in [2.45, 2.75) is 26.8 Å². The average Bonchev–Trinajstić information content (AvgIpc) is 3.23. The summed E-state index contributed by atoms with van der Waals surface area (Å²) < 4.78 is 19.5. The van der Waals surface area contributed by atoms with Gasteiger partial charge in [0.1, 0.15) is 0 Å². The van der Waals surface area contributed by atoms with Gasteiger partial charge in [-0.3, -0.25) is 9.36 Å². The van der Waals surface area contributed by atoms with Crippen LogP contribution in [0.4, 0.5) is 0 Å². The summed E-state index contributed by atoms with van der Waals surface area (Å²) in [4.78, 5) is 32.5. The van der Waals surface area contributed by atoms with E-state index in [-0.39, 0.29) is 12.2 Å². The Labute approximate surface area is 237 Å². The molecule has 3 aromatic carbocycles. The van der Waals surface area contributed by atoms with Crippen LogP contribution in [0.5, 0.6) is 11.5 Å². The van der Waals surface area contributed by atoms with E-state index >= 15 is 0 Å². The van der Waals surface area contributed by atoms with Crippen LogP contribution in [0.2, 0.25) is 0 Å². The zero-order valence-corrected chi connectivity index (χ0v) is 24.4. The van der Waals surface area contributed by atoms with Crippen LogP contribution in [0.25, 0.3) is 16.8 Å². The van der Waals surface area contributed by atoms with Gasteiger partial charge in [-0.25, -0.2) is 9.79 Å². The highest BCUT2D eigenvalue weighted by Gasteiger charge is 2.35. The van der Waals surface area contributed by atoms with Crippen molar-refractivity contribution in [3.05, 3.63) is 101 Å². The van der Waals surface area contributed by atoms with E-state index in [2.05, 4.69) is 20.9 Å². The molecule has 1 atom stereocenters. The van der Waals surface area contributed by atoms with E-state index in [1.54, 1.807) is 37.7 Å². The lowest BCUT2D eigenvalue weighted by Crippen LogP contribution is -2.40. The van der Waals surface area contributed by atoms with Gasteiger partial charge in [-0.05, 0) is 60.9 Å². The number of carbonyl (C=O) groups is 1. The molecule has 1 aliphatic rings. The Morgan fingerprint density at radius 2 is 1.87 bits per heavy atom. The number of allylic oxidation sites excluding steroid dienone is 1. The number of hydrogen-bond acceptors (Lipinski definition) is 7. The predicted octanol–water partition coefficient (Wildman–Crippen LogP) is 5.12. The lowest BCUT2D eigenvalue weighted by Gasteiger charge is -2.26. The van der Waals surface area contributed by atoms with Gasteiger partial charge in [-0.1, -0.05) is 69.7 Å². The third-order valence-electron chi connectivity index (χ3n) is 6.50. The van der Waals surface area contributed by atoms with Crippen molar-refractivity contribution in [1.82, 2.24) is 4.57 Å². The van der Waals surface area contributed by atoms with Crippen molar-refractivity contribution in [3.8, 4) is 11.5 Å². The number of carbonyl (C=O) groups excluding carboxylic acids is 1. The number of benzene rings is 3. The van der Waals surface area contributed by atoms with Crippen molar-refractivity contribution in [2.75, 3.05) is 20.3 Å².